The molecule has 7 heteroatoms. The number of nitrogens with zero attached hydrogens (tertiary/aromatic N) is 3. The first-order valence-electron chi connectivity index (χ1n) is 10.4. The van der Waals surface area contributed by atoms with Crippen LogP contribution in [0.2, 0.25) is 0 Å². The maximum absolute atomic E-state index is 4.85. The van der Waals surface area contributed by atoms with E-state index in [-0.39, 0.29) is 24.0 Å². The van der Waals surface area contributed by atoms with Gasteiger partial charge in [-0.15, -0.1) is 35.3 Å². The second-order valence-electron chi connectivity index (χ2n) is 7.46. The summed E-state index contributed by atoms with van der Waals surface area (Å²) in [5.41, 5.74) is 2.57. The zero-order valence-electron chi connectivity index (χ0n) is 17.6. The summed E-state index contributed by atoms with van der Waals surface area (Å²) in [5, 5.41) is 10.2. The van der Waals surface area contributed by atoms with Crippen LogP contribution < -0.4 is 10.6 Å². The van der Waals surface area contributed by atoms with Crippen molar-refractivity contribution >= 4 is 41.3 Å². The highest BCUT2D eigenvalue weighted by atomic mass is 127. The van der Waals surface area contributed by atoms with Crippen LogP contribution in [0.15, 0.2) is 40.7 Å². The third kappa shape index (κ3) is 8.60. The van der Waals surface area contributed by atoms with Crippen molar-refractivity contribution in [3.05, 3.63) is 52.0 Å². The molecule has 160 valence electrons. The zero-order valence-corrected chi connectivity index (χ0v) is 20.7. The van der Waals surface area contributed by atoms with E-state index in [0.717, 1.165) is 56.7 Å². The van der Waals surface area contributed by atoms with Crippen molar-refractivity contribution in [1.29, 1.82) is 0 Å². The summed E-state index contributed by atoms with van der Waals surface area (Å²) < 4.78 is 0. The Kier molecular flexibility index (Phi) is 10.9. The summed E-state index contributed by atoms with van der Waals surface area (Å²) in [6, 6.07) is 10.6. The van der Waals surface area contributed by atoms with E-state index in [9.17, 15) is 0 Å². The Morgan fingerprint density at radius 1 is 1.21 bits per heavy atom. The highest BCUT2D eigenvalue weighted by Gasteiger charge is 2.19. The molecule has 0 amide bonds. The first-order chi connectivity index (χ1) is 13.7. The summed E-state index contributed by atoms with van der Waals surface area (Å²) in [4.78, 5) is 12.0. The van der Waals surface area contributed by atoms with Crippen LogP contribution in [0, 0.1) is 12.8 Å². The van der Waals surface area contributed by atoms with E-state index in [1.54, 1.807) is 11.3 Å². The molecule has 0 saturated carbocycles. The number of aliphatic imine (C=N–C) groups is 1. The van der Waals surface area contributed by atoms with Gasteiger partial charge in [0.15, 0.2) is 5.96 Å². The van der Waals surface area contributed by atoms with Crippen LogP contribution in [0.5, 0.6) is 0 Å². The Balaban J connectivity index is 0.00000300. The number of thiazole rings is 1. The number of benzene rings is 1. The van der Waals surface area contributed by atoms with Crippen molar-refractivity contribution in [3.8, 4) is 0 Å². The summed E-state index contributed by atoms with van der Waals surface area (Å²) in [6.45, 7) is 10.2. The third-order valence-electron chi connectivity index (χ3n) is 5.16. The SMILES string of the molecule is CCNC(=NCC1CCN(Cc2csc(C)n2)CC1)NCCc1ccccc1.I. The molecule has 1 aromatic carbocycles. The lowest BCUT2D eigenvalue weighted by Crippen LogP contribution is -2.39. The molecule has 2 heterocycles. The molecule has 1 aliphatic heterocycles. The maximum Gasteiger partial charge on any atom is 0.191 e. The minimum absolute atomic E-state index is 0. The molecule has 0 bridgehead atoms. The number of halogens is 1. The van der Waals surface area contributed by atoms with Crippen molar-refractivity contribution in [3.63, 3.8) is 0 Å². The van der Waals surface area contributed by atoms with E-state index in [4.69, 9.17) is 4.99 Å². The number of piperidine rings is 1. The standard InChI is InChI=1S/C22H33N5S.HI/c1-3-23-22(24-12-9-19-7-5-4-6-8-19)25-15-20-10-13-27(14-11-20)16-21-17-28-18(2)26-21;/h4-8,17,20H,3,9-16H2,1-2H3,(H2,23,24,25);1H. The van der Waals surface area contributed by atoms with Gasteiger partial charge in [0.2, 0.25) is 0 Å². The van der Waals surface area contributed by atoms with E-state index in [0.29, 0.717) is 5.92 Å². The molecule has 2 N–H and O–H groups in total. The molecule has 5 nitrogen and oxygen atoms in total. The van der Waals surface area contributed by atoms with Gasteiger partial charge in [0.25, 0.3) is 0 Å². The molecule has 29 heavy (non-hydrogen) atoms. The molecule has 1 aromatic heterocycles. The highest BCUT2D eigenvalue weighted by molar-refractivity contribution is 14.0. The number of aromatic nitrogens is 1. The number of hydrogen-bond acceptors (Lipinski definition) is 4. The largest absolute Gasteiger partial charge is 0.357 e. The first-order valence-corrected chi connectivity index (χ1v) is 11.3. The molecule has 3 rings (SSSR count). The van der Waals surface area contributed by atoms with Gasteiger partial charge in [-0.25, -0.2) is 4.98 Å². The number of likely N-dealkylation sites (tertiary alicyclic amines) is 1. The monoisotopic (exact) mass is 527 g/mol. The fraction of sp³-hybridized carbons (Fsp3) is 0.545. The maximum atomic E-state index is 4.85. The average Bonchev–Trinajstić information content (AvgIpc) is 3.12. The number of guanidine groups is 1. The van der Waals surface area contributed by atoms with Gasteiger partial charge in [0.05, 0.1) is 10.7 Å². The van der Waals surface area contributed by atoms with Gasteiger partial charge in [-0.2, -0.15) is 0 Å². The topological polar surface area (TPSA) is 52.6 Å². The number of hydrogen-bond donors (Lipinski definition) is 2. The lowest BCUT2D eigenvalue weighted by molar-refractivity contribution is 0.179. The molecule has 0 spiro atoms. The van der Waals surface area contributed by atoms with Crippen LogP contribution in [0.3, 0.4) is 0 Å². The quantitative estimate of drug-likeness (QED) is 0.309. The molecule has 0 unspecified atom stereocenters. The molecule has 0 aliphatic carbocycles. The summed E-state index contributed by atoms with van der Waals surface area (Å²) in [6.07, 6.45) is 3.45. The number of aryl methyl sites for hydroxylation is 1. The normalized spacial score (nSPS) is 15.7. The lowest BCUT2D eigenvalue weighted by atomic mass is 9.97. The second kappa shape index (κ2) is 13.2. The number of nitrogens with one attached hydrogen (secondary N) is 2. The highest BCUT2D eigenvalue weighted by Crippen LogP contribution is 2.20. The van der Waals surface area contributed by atoms with E-state index in [1.165, 1.54) is 24.1 Å². The Hall–Kier alpha value is -1.19. The molecule has 1 fully saturated rings. The van der Waals surface area contributed by atoms with Crippen LogP contribution in [-0.2, 0) is 13.0 Å². The average molecular weight is 528 g/mol. The van der Waals surface area contributed by atoms with Crippen molar-refractivity contribution in [2.24, 2.45) is 10.9 Å². The summed E-state index contributed by atoms with van der Waals surface area (Å²) in [7, 11) is 0. The molecular weight excluding hydrogens is 493 g/mol. The van der Waals surface area contributed by atoms with Crippen molar-refractivity contribution in [2.45, 2.75) is 39.7 Å². The van der Waals surface area contributed by atoms with Gasteiger partial charge in [0.1, 0.15) is 0 Å². The van der Waals surface area contributed by atoms with E-state index in [1.807, 2.05) is 0 Å². The van der Waals surface area contributed by atoms with Crippen molar-refractivity contribution in [2.75, 3.05) is 32.7 Å². The minimum atomic E-state index is 0. The summed E-state index contributed by atoms with van der Waals surface area (Å²) >= 11 is 1.74. The molecule has 0 radical (unpaired) electrons. The molecule has 1 saturated heterocycles. The van der Waals surface area contributed by atoms with Gasteiger partial charge >= 0.3 is 0 Å². The lowest BCUT2D eigenvalue weighted by Gasteiger charge is -2.30. The molecule has 0 atom stereocenters. The Labute approximate surface area is 196 Å². The van der Waals surface area contributed by atoms with Gasteiger partial charge in [-0.3, -0.25) is 9.89 Å². The van der Waals surface area contributed by atoms with E-state index in [2.05, 4.69) is 70.1 Å². The predicted molar refractivity (Wildman–Crippen MR) is 134 cm³/mol. The van der Waals surface area contributed by atoms with Crippen LogP contribution in [0.25, 0.3) is 0 Å². The summed E-state index contributed by atoms with van der Waals surface area (Å²) in [5.74, 6) is 1.62. The molecule has 2 aromatic rings. The Morgan fingerprint density at radius 3 is 2.62 bits per heavy atom. The third-order valence-corrected chi connectivity index (χ3v) is 5.98. The van der Waals surface area contributed by atoms with Crippen molar-refractivity contribution in [1.82, 2.24) is 20.5 Å². The van der Waals surface area contributed by atoms with Gasteiger partial charge in [0, 0.05) is 31.6 Å². The molecule has 1 aliphatic rings. The van der Waals surface area contributed by atoms with Gasteiger partial charge in [-0.1, -0.05) is 30.3 Å². The van der Waals surface area contributed by atoms with Gasteiger partial charge < -0.3 is 10.6 Å². The van der Waals surface area contributed by atoms with Crippen molar-refractivity contribution < 1.29 is 0 Å². The first kappa shape index (κ1) is 24.1. The number of rotatable bonds is 8. The smallest absolute Gasteiger partial charge is 0.191 e. The van der Waals surface area contributed by atoms with Gasteiger partial charge in [-0.05, 0) is 57.7 Å². The fourth-order valence-corrected chi connectivity index (χ4v) is 4.17. The van der Waals surface area contributed by atoms with Crippen LogP contribution in [-0.4, -0.2) is 48.6 Å². The van der Waals surface area contributed by atoms with Crippen LogP contribution >= 0.6 is 35.3 Å². The van der Waals surface area contributed by atoms with Crippen LogP contribution in [0.4, 0.5) is 0 Å². The minimum Gasteiger partial charge on any atom is -0.357 e. The fourth-order valence-electron chi connectivity index (χ4n) is 3.57. The predicted octanol–water partition coefficient (Wildman–Crippen LogP) is 4.08. The van der Waals surface area contributed by atoms with E-state index < -0.39 is 0 Å². The Bertz CT molecular complexity index is 726. The van der Waals surface area contributed by atoms with E-state index >= 15 is 0 Å². The second-order valence-corrected chi connectivity index (χ2v) is 8.52. The Morgan fingerprint density at radius 2 is 1.97 bits per heavy atom. The van der Waals surface area contributed by atoms with Crippen LogP contribution in [0.1, 0.15) is 36.0 Å². The molecular formula is C22H34IN5S. The zero-order chi connectivity index (χ0) is 19.6.